The van der Waals surface area contributed by atoms with Gasteiger partial charge in [0, 0.05) is 5.92 Å². The van der Waals surface area contributed by atoms with Crippen LogP contribution in [0.2, 0.25) is 0 Å². The fraction of sp³-hybridized carbons (Fsp3) is 0.522. The van der Waals surface area contributed by atoms with E-state index in [1.165, 1.54) is 0 Å². The zero-order valence-electron chi connectivity index (χ0n) is 16.3. The Morgan fingerprint density at radius 1 is 1.52 bits per heavy atom. The summed E-state index contributed by atoms with van der Waals surface area (Å²) < 4.78 is 5.16. The number of carbonyl (C=O) groups excluding carboxylic acids is 1. The molecule has 0 aliphatic carbocycles. The molecular weight excluding hydrogens is 338 g/mol. The van der Waals surface area contributed by atoms with Crippen LogP contribution in [0.5, 0.6) is 0 Å². The van der Waals surface area contributed by atoms with Gasteiger partial charge in [0.25, 0.3) is 0 Å². The van der Waals surface area contributed by atoms with Crippen LogP contribution in [0.15, 0.2) is 30.9 Å². The third-order valence-corrected chi connectivity index (χ3v) is 6.13. The number of hydrogen-bond donors (Lipinski definition) is 1. The number of hydrogen-bond acceptors (Lipinski definition) is 4. The standard InChI is InChI=1S/C23H29NO3/c1-5-8-18-15-17(16(4)22(25)27-7-3)9-10-20(18)21-23(26,6-2)19-11-13-24(21)14-12-19/h2,5,9-10,15-16,19,21,26H,1,7-8,11-14H2,3-4H3. The molecule has 0 aromatic heterocycles. The number of esters is 1. The number of piperidine rings is 3. The Bertz CT molecular complexity index is 757. The molecule has 4 nitrogen and oxygen atoms in total. The molecule has 0 amide bonds. The van der Waals surface area contributed by atoms with Gasteiger partial charge in [-0.3, -0.25) is 9.69 Å². The molecule has 144 valence electrons. The lowest BCUT2D eigenvalue weighted by Gasteiger charge is -2.54. The van der Waals surface area contributed by atoms with E-state index in [1.54, 1.807) is 0 Å². The van der Waals surface area contributed by atoms with Gasteiger partial charge >= 0.3 is 5.97 Å². The maximum Gasteiger partial charge on any atom is 0.313 e. The summed E-state index contributed by atoms with van der Waals surface area (Å²) in [5, 5.41) is 11.3. The summed E-state index contributed by atoms with van der Waals surface area (Å²) >= 11 is 0. The van der Waals surface area contributed by atoms with Crippen molar-refractivity contribution < 1.29 is 14.6 Å². The molecule has 3 unspecified atom stereocenters. The molecule has 27 heavy (non-hydrogen) atoms. The topological polar surface area (TPSA) is 49.8 Å². The van der Waals surface area contributed by atoms with Gasteiger partial charge in [0.2, 0.25) is 0 Å². The predicted molar refractivity (Wildman–Crippen MR) is 106 cm³/mol. The van der Waals surface area contributed by atoms with E-state index in [2.05, 4.69) is 17.4 Å². The Balaban J connectivity index is 2.01. The van der Waals surface area contributed by atoms with Gasteiger partial charge in [-0.2, -0.15) is 0 Å². The summed E-state index contributed by atoms with van der Waals surface area (Å²) in [5.74, 6) is 2.29. The molecule has 1 aromatic rings. The molecule has 0 radical (unpaired) electrons. The number of carbonyl (C=O) groups is 1. The SMILES string of the molecule is C#CC1(O)C2CCN(CC2)C1c1ccc(C(C)C(=O)OCC)cc1CC=C. The van der Waals surface area contributed by atoms with E-state index in [1.807, 2.05) is 38.1 Å². The van der Waals surface area contributed by atoms with Crippen molar-refractivity contribution in [1.29, 1.82) is 0 Å². The average Bonchev–Trinajstić information content (AvgIpc) is 2.69. The van der Waals surface area contributed by atoms with E-state index < -0.39 is 5.60 Å². The summed E-state index contributed by atoms with van der Waals surface area (Å²) in [6.07, 6.45) is 10.2. The highest BCUT2D eigenvalue weighted by atomic mass is 16.5. The van der Waals surface area contributed by atoms with E-state index in [-0.39, 0.29) is 23.8 Å². The summed E-state index contributed by atoms with van der Waals surface area (Å²) in [6, 6.07) is 5.82. The zero-order valence-corrected chi connectivity index (χ0v) is 16.3. The molecule has 3 atom stereocenters. The number of fused-ring (bicyclic) bond motifs is 3. The van der Waals surface area contributed by atoms with E-state index in [9.17, 15) is 9.90 Å². The summed E-state index contributed by atoms with van der Waals surface area (Å²) in [4.78, 5) is 14.4. The van der Waals surface area contributed by atoms with Gasteiger partial charge in [-0.05, 0) is 62.9 Å². The first-order chi connectivity index (χ1) is 13.0. The van der Waals surface area contributed by atoms with Crippen molar-refractivity contribution >= 4 is 5.97 Å². The maximum absolute atomic E-state index is 12.1. The van der Waals surface area contributed by atoms with Crippen LogP contribution in [0.1, 0.15) is 55.3 Å². The summed E-state index contributed by atoms with van der Waals surface area (Å²) in [7, 11) is 0. The number of nitrogens with zero attached hydrogens (tertiary/aromatic N) is 1. The normalized spacial score (nSPS) is 30.4. The first kappa shape index (κ1) is 19.7. The van der Waals surface area contributed by atoms with Crippen molar-refractivity contribution in [2.24, 2.45) is 5.92 Å². The molecule has 3 heterocycles. The number of terminal acetylenes is 1. The van der Waals surface area contributed by atoms with Gasteiger partial charge < -0.3 is 9.84 Å². The minimum absolute atomic E-state index is 0.132. The van der Waals surface area contributed by atoms with Gasteiger partial charge in [0.1, 0.15) is 5.60 Å². The van der Waals surface area contributed by atoms with Crippen molar-refractivity contribution in [2.75, 3.05) is 19.7 Å². The van der Waals surface area contributed by atoms with Crippen molar-refractivity contribution in [1.82, 2.24) is 4.90 Å². The number of aliphatic hydroxyl groups is 1. The number of allylic oxidation sites excluding steroid dienone is 1. The number of ether oxygens (including phenoxy) is 1. The molecule has 0 spiro atoms. The van der Waals surface area contributed by atoms with Crippen LogP contribution >= 0.6 is 0 Å². The van der Waals surface area contributed by atoms with Crippen LogP contribution < -0.4 is 0 Å². The minimum atomic E-state index is -1.15. The molecule has 3 aliphatic rings. The molecule has 4 rings (SSSR count). The van der Waals surface area contributed by atoms with E-state index in [0.29, 0.717) is 13.0 Å². The maximum atomic E-state index is 12.1. The van der Waals surface area contributed by atoms with Crippen LogP contribution in [0, 0.1) is 18.3 Å². The van der Waals surface area contributed by atoms with Crippen molar-refractivity contribution in [2.45, 2.75) is 50.7 Å². The van der Waals surface area contributed by atoms with Crippen LogP contribution in [0.25, 0.3) is 0 Å². The first-order valence-electron chi connectivity index (χ1n) is 9.80. The number of benzene rings is 1. The molecular formula is C23H29NO3. The van der Waals surface area contributed by atoms with Gasteiger partial charge in [-0.1, -0.05) is 30.2 Å². The van der Waals surface area contributed by atoms with Crippen LogP contribution in [-0.4, -0.2) is 41.3 Å². The minimum Gasteiger partial charge on any atom is -0.466 e. The van der Waals surface area contributed by atoms with Crippen molar-refractivity contribution in [3.63, 3.8) is 0 Å². The fourth-order valence-corrected chi connectivity index (χ4v) is 4.63. The molecule has 3 saturated heterocycles. The van der Waals surface area contributed by atoms with E-state index in [4.69, 9.17) is 11.2 Å². The smallest absolute Gasteiger partial charge is 0.313 e. The van der Waals surface area contributed by atoms with Gasteiger partial charge in [-0.15, -0.1) is 13.0 Å². The Morgan fingerprint density at radius 3 is 2.81 bits per heavy atom. The second-order valence-corrected chi connectivity index (χ2v) is 7.61. The largest absolute Gasteiger partial charge is 0.466 e. The Hall–Kier alpha value is -2.09. The third kappa shape index (κ3) is 3.42. The highest BCUT2D eigenvalue weighted by Gasteiger charge is 2.53. The van der Waals surface area contributed by atoms with Crippen LogP contribution in [0.4, 0.5) is 0 Å². The van der Waals surface area contributed by atoms with Gasteiger partial charge in [-0.25, -0.2) is 0 Å². The molecule has 1 N–H and O–H groups in total. The highest BCUT2D eigenvalue weighted by molar-refractivity contribution is 5.77. The molecule has 1 aromatic carbocycles. The quantitative estimate of drug-likeness (QED) is 0.477. The molecule has 0 saturated carbocycles. The lowest BCUT2D eigenvalue weighted by atomic mass is 9.67. The zero-order chi connectivity index (χ0) is 19.6. The van der Waals surface area contributed by atoms with Gasteiger partial charge in [0.05, 0.1) is 18.6 Å². The third-order valence-electron chi connectivity index (χ3n) is 6.13. The summed E-state index contributed by atoms with van der Waals surface area (Å²) in [5.41, 5.74) is 1.86. The van der Waals surface area contributed by atoms with Crippen LogP contribution in [0.3, 0.4) is 0 Å². The van der Waals surface area contributed by atoms with Crippen molar-refractivity contribution in [3.8, 4) is 12.3 Å². The molecule has 4 heteroatoms. The second kappa shape index (κ2) is 7.88. The molecule has 3 fully saturated rings. The lowest BCUT2D eigenvalue weighted by Crippen LogP contribution is -2.60. The van der Waals surface area contributed by atoms with Crippen LogP contribution in [-0.2, 0) is 16.0 Å². The second-order valence-electron chi connectivity index (χ2n) is 7.61. The summed E-state index contributed by atoms with van der Waals surface area (Å²) in [6.45, 7) is 9.82. The van der Waals surface area contributed by atoms with E-state index in [0.717, 1.165) is 42.6 Å². The lowest BCUT2D eigenvalue weighted by molar-refractivity contribution is -0.144. The van der Waals surface area contributed by atoms with Crippen molar-refractivity contribution in [3.05, 3.63) is 47.5 Å². The molecule has 3 aliphatic heterocycles. The fourth-order valence-electron chi connectivity index (χ4n) is 4.63. The Morgan fingerprint density at radius 2 is 2.22 bits per heavy atom. The average molecular weight is 367 g/mol. The number of rotatable bonds is 6. The predicted octanol–water partition coefficient (Wildman–Crippen LogP) is 3.21. The highest BCUT2D eigenvalue weighted by Crippen LogP contribution is 2.48. The monoisotopic (exact) mass is 367 g/mol. The Kier molecular flexibility index (Phi) is 5.74. The molecule has 2 bridgehead atoms. The first-order valence-corrected chi connectivity index (χ1v) is 9.80. The van der Waals surface area contributed by atoms with E-state index >= 15 is 0 Å². The van der Waals surface area contributed by atoms with Gasteiger partial charge in [0.15, 0.2) is 0 Å². The Labute approximate surface area is 162 Å².